The van der Waals surface area contributed by atoms with Gasteiger partial charge in [0.2, 0.25) is 11.8 Å². The summed E-state index contributed by atoms with van der Waals surface area (Å²) in [5.41, 5.74) is 1.05. The van der Waals surface area contributed by atoms with E-state index in [9.17, 15) is 14.4 Å². The molecular weight excluding hydrogens is 458 g/mol. The molecule has 3 aliphatic rings. The van der Waals surface area contributed by atoms with Crippen LogP contribution < -0.4 is 10.1 Å². The van der Waals surface area contributed by atoms with Crippen LogP contribution in [0, 0.1) is 17.8 Å². The lowest BCUT2D eigenvalue weighted by atomic mass is 10.0. The summed E-state index contributed by atoms with van der Waals surface area (Å²) in [5.74, 6) is 1.00. The second-order valence-electron chi connectivity index (χ2n) is 11.0. The number of nitrogens with zero attached hydrogens (tertiary/aromatic N) is 2. The van der Waals surface area contributed by atoms with Crippen molar-refractivity contribution in [3.63, 3.8) is 0 Å². The number of hydrogen-bond donors (Lipinski definition) is 1. The molecule has 2 fully saturated rings. The molecule has 0 radical (unpaired) electrons. The molecule has 2 saturated carbocycles. The number of likely N-dealkylation sites (N-methyl/N-ethyl adjacent to an activating group) is 1. The summed E-state index contributed by atoms with van der Waals surface area (Å²) in [7, 11) is 3.41. The Kier molecular flexibility index (Phi) is 8.54. The number of carbonyl (C=O) groups is 3. The monoisotopic (exact) mass is 499 g/mol. The molecule has 1 aromatic rings. The maximum absolute atomic E-state index is 13.4. The van der Waals surface area contributed by atoms with Gasteiger partial charge in [-0.2, -0.15) is 0 Å². The first-order chi connectivity index (χ1) is 17.3. The molecule has 4 rings (SSSR count). The van der Waals surface area contributed by atoms with Crippen molar-refractivity contribution in [2.24, 2.45) is 17.8 Å². The van der Waals surface area contributed by atoms with Crippen LogP contribution >= 0.6 is 0 Å². The Hall–Kier alpha value is -2.61. The van der Waals surface area contributed by atoms with Gasteiger partial charge in [-0.15, -0.1) is 0 Å². The van der Waals surface area contributed by atoms with Gasteiger partial charge in [0.25, 0.3) is 5.91 Å². The molecule has 0 bridgehead atoms. The molecule has 0 unspecified atom stereocenters. The van der Waals surface area contributed by atoms with E-state index in [1.807, 2.05) is 11.8 Å². The van der Waals surface area contributed by atoms with Gasteiger partial charge in [-0.25, -0.2) is 0 Å². The van der Waals surface area contributed by atoms with Crippen molar-refractivity contribution in [1.29, 1.82) is 0 Å². The van der Waals surface area contributed by atoms with Crippen molar-refractivity contribution < 1.29 is 23.9 Å². The van der Waals surface area contributed by atoms with Crippen LogP contribution in [0.3, 0.4) is 0 Å². The SMILES string of the molecule is CO[C@@H]1CN(C)C(=O)c2ccc(NC(=O)C3CCCC3)cc2OC[C@@H](C)N(C(=O)CC2CC2)C[C@@H]1C. The van der Waals surface area contributed by atoms with Crippen LogP contribution in [0.4, 0.5) is 5.69 Å². The molecule has 1 aliphatic heterocycles. The molecule has 3 amide bonds. The number of benzene rings is 1. The van der Waals surface area contributed by atoms with E-state index in [4.69, 9.17) is 9.47 Å². The van der Waals surface area contributed by atoms with E-state index in [1.54, 1.807) is 37.3 Å². The molecule has 3 atom stereocenters. The third-order valence-corrected chi connectivity index (χ3v) is 7.92. The Morgan fingerprint density at radius 1 is 1.11 bits per heavy atom. The zero-order valence-corrected chi connectivity index (χ0v) is 22.1. The minimum absolute atomic E-state index is 0.0196. The number of methoxy groups -OCH3 is 1. The van der Waals surface area contributed by atoms with Crippen LogP contribution in [-0.4, -0.2) is 73.5 Å². The molecule has 1 N–H and O–H groups in total. The summed E-state index contributed by atoms with van der Waals surface area (Å²) in [6.07, 6.45) is 6.60. The molecule has 2 aliphatic carbocycles. The second kappa shape index (κ2) is 11.6. The fourth-order valence-corrected chi connectivity index (χ4v) is 5.32. The van der Waals surface area contributed by atoms with E-state index in [0.29, 0.717) is 42.4 Å². The lowest BCUT2D eigenvalue weighted by Gasteiger charge is -2.36. The summed E-state index contributed by atoms with van der Waals surface area (Å²) in [6, 6.07) is 5.04. The standard InChI is InChI=1S/C28H41N3O5/c1-18-15-31(26(32)13-20-9-10-20)19(2)17-36-24-14-22(29-27(33)21-7-5-6-8-21)11-12-23(24)28(34)30(3)16-25(18)35-4/h11-12,14,18-21,25H,5-10,13,15-17H2,1-4H3,(H,29,33)/t18-,19+,25+/m0/s1. The highest BCUT2D eigenvalue weighted by Gasteiger charge is 2.33. The van der Waals surface area contributed by atoms with Gasteiger partial charge in [0.15, 0.2) is 0 Å². The van der Waals surface area contributed by atoms with Crippen LogP contribution in [0.15, 0.2) is 18.2 Å². The quantitative estimate of drug-likeness (QED) is 0.663. The van der Waals surface area contributed by atoms with Gasteiger partial charge in [0, 0.05) is 57.3 Å². The van der Waals surface area contributed by atoms with E-state index in [2.05, 4.69) is 12.2 Å². The van der Waals surface area contributed by atoms with Gasteiger partial charge in [0.05, 0.1) is 17.7 Å². The van der Waals surface area contributed by atoms with Crippen molar-refractivity contribution in [1.82, 2.24) is 9.80 Å². The molecule has 0 saturated heterocycles. The molecule has 198 valence electrons. The summed E-state index contributed by atoms with van der Waals surface area (Å²) >= 11 is 0. The minimum Gasteiger partial charge on any atom is -0.491 e. The molecular formula is C28H41N3O5. The first kappa shape index (κ1) is 26.5. The number of amides is 3. The minimum atomic E-state index is -0.212. The topological polar surface area (TPSA) is 88.2 Å². The van der Waals surface area contributed by atoms with Crippen molar-refractivity contribution in [2.45, 2.75) is 70.9 Å². The van der Waals surface area contributed by atoms with Crippen LogP contribution in [-0.2, 0) is 14.3 Å². The average Bonchev–Trinajstić information content (AvgIpc) is 3.49. The van der Waals surface area contributed by atoms with E-state index < -0.39 is 0 Å². The van der Waals surface area contributed by atoms with Gasteiger partial charge in [-0.05, 0) is 50.7 Å². The Bertz CT molecular complexity index is 957. The number of ether oxygens (including phenoxy) is 2. The molecule has 0 aromatic heterocycles. The summed E-state index contributed by atoms with van der Waals surface area (Å²) in [6.45, 7) is 5.25. The Labute approximate surface area is 214 Å². The van der Waals surface area contributed by atoms with E-state index >= 15 is 0 Å². The molecule has 1 heterocycles. The third kappa shape index (κ3) is 6.38. The predicted octanol–water partition coefficient (Wildman–Crippen LogP) is 3.95. The smallest absolute Gasteiger partial charge is 0.257 e. The van der Waals surface area contributed by atoms with Crippen LogP contribution in [0.25, 0.3) is 0 Å². The zero-order valence-electron chi connectivity index (χ0n) is 22.1. The Balaban J connectivity index is 1.59. The lowest BCUT2D eigenvalue weighted by Crippen LogP contribution is -2.48. The van der Waals surface area contributed by atoms with Crippen molar-refractivity contribution in [3.05, 3.63) is 23.8 Å². The maximum Gasteiger partial charge on any atom is 0.257 e. The molecule has 8 heteroatoms. The highest BCUT2D eigenvalue weighted by atomic mass is 16.5. The first-order valence-corrected chi connectivity index (χ1v) is 13.4. The summed E-state index contributed by atoms with van der Waals surface area (Å²) in [5, 5.41) is 3.01. The highest BCUT2D eigenvalue weighted by molar-refractivity contribution is 5.98. The number of carbonyl (C=O) groups excluding carboxylic acids is 3. The van der Waals surface area contributed by atoms with Gasteiger partial charge in [-0.3, -0.25) is 14.4 Å². The van der Waals surface area contributed by atoms with Crippen LogP contribution in [0.1, 0.15) is 69.2 Å². The molecule has 1 aromatic carbocycles. The fourth-order valence-electron chi connectivity index (χ4n) is 5.32. The van der Waals surface area contributed by atoms with E-state index in [-0.39, 0.29) is 48.3 Å². The Morgan fingerprint density at radius 3 is 2.50 bits per heavy atom. The maximum atomic E-state index is 13.4. The number of fused-ring (bicyclic) bond motifs is 1. The number of nitrogens with one attached hydrogen (secondary N) is 1. The second-order valence-corrected chi connectivity index (χ2v) is 11.0. The normalized spacial score (nSPS) is 26.0. The molecule has 8 nitrogen and oxygen atoms in total. The average molecular weight is 500 g/mol. The van der Waals surface area contributed by atoms with Gasteiger partial charge < -0.3 is 24.6 Å². The summed E-state index contributed by atoms with van der Waals surface area (Å²) < 4.78 is 12.0. The number of hydrogen-bond acceptors (Lipinski definition) is 5. The third-order valence-electron chi connectivity index (χ3n) is 7.92. The largest absolute Gasteiger partial charge is 0.491 e. The van der Waals surface area contributed by atoms with Crippen LogP contribution in [0.2, 0.25) is 0 Å². The number of rotatable bonds is 5. The van der Waals surface area contributed by atoms with Gasteiger partial charge >= 0.3 is 0 Å². The molecule has 36 heavy (non-hydrogen) atoms. The first-order valence-electron chi connectivity index (χ1n) is 13.4. The Morgan fingerprint density at radius 2 is 1.83 bits per heavy atom. The van der Waals surface area contributed by atoms with Gasteiger partial charge in [-0.1, -0.05) is 19.8 Å². The van der Waals surface area contributed by atoms with Crippen molar-refractivity contribution in [2.75, 3.05) is 39.2 Å². The van der Waals surface area contributed by atoms with E-state index in [1.165, 1.54) is 0 Å². The highest BCUT2D eigenvalue weighted by Crippen LogP contribution is 2.34. The predicted molar refractivity (Wildman–Crippen MR) is 138 cm³/mol. The fraction of sp³-hybridized carbons (Fsp3) is 0.679. The van der Waals surface area contributed by atoms with Crippen molar-refractivity contribution in [3.8, 4) is 5.75 Å². The van der Waals surface area contributed by atoms with Gasteiger partial charge in [0.1, 0.15) is 12.4 Å². The van der Waals surface area contributed by atoms with E-state index in [0.717, 1.165) is 38.5 Å². The summed E-state index contributed by atoms with van der Waals surface area (Å²) in [4.78, 5) is 42.8. The van der Waals surface area contributed by atoms with Crippen molar-refractivity contribution >= 4 is 23.4 Å². The molecule has 0 spiro atoms. The lowest BCUT2D eigenvalue weighted by molar-refractivity contribution is -0.135. The van der Waals surface area contributed by atoms with Crippen LogP contribution in [0.5, 0.6) is 5.75 Å². The zero-order chi connectivity index (χ0) is 25.8. The number of anilines is 1.